The van der Waals surface area contributed by atoms with Gasteiger partial charge in [0.2, 0.25) is 0 Å². The fourth-order valence-electron chi connectivity index (χ4n) is 3.23. The summed E-state index contributed by atoms with van der Waals surface area (Å²) in [5.74, 6) is 0.465. The molecular formula is C18H14. The number of rotatable bonds is 1. The Morgan fingerprint density at radius 1 is 0.778 bits per heavy atom. The van der Waals surface area contributed by atoms with Gasteiger partial charge in [0.05, 0.1) is 0 Å². The average molecular weight is 230 g/mol. The van der Waals surface area contributed by atoms with Crippen molar-refractivity contribution in [2.75, 3.05) is 0 Å². The molecule has 18 heavy (non-hydrogen) atoms. The van der Waals surface area contributed by atoms with Crippen molar-refractivity contribution in [3.05, 3.63) is 83.5 Å². The number of hydrogen-bond acceptors (Lipinski definition) is 0. The molecule has 2 aliphatic rings. The summed E-state index contributed by atoms with van der Waals surface area (Å²) in [7, 11) is 0. The zero-order chi connectivity index (χ0) is 11.9. The van der Waals surface area contributed by atoms with E-state index in [4.69, 9.17) is 0 Å². The average Bonchev–Trinajstić information content (AvgIpc) is 3.03. The molecule has 0 spiro atoms. The Hall–Kier alpha value is -2.08. The Labute approximate surface area is 107 Å². The fraction of sp³-hybridized carbons (Fsp3) is 0.111. The van der Waals surface area contributed by atoms with Gasteiger partial charge in [0, 0.05) is 5.92 Å². The SMILES string of the molecule is C1=CCC(C2c3ccccc3-c3ccccc32)=C1. The first-order valence-electron chi connectivity index (χ1n) is 6.49. The van der Waals surface area contributed by atoms with Gasteiger partial charge in [-0.15, -0.1) is 0 Å². The first-order valence-corrected chi connectivity index (χ1v) is 6.49. The van der Waals surface area contributed by atoms with Gasteiger partial charge in [-0.1, -0.05) is 72.3 Å². The maximum atomic E-state index is 2.28. The molecule has 0 aromatic heterocycles. The molecule has 2 aromatic carbocycles. The van der Waals surface area contributed by atoms with Crippen LogP contribution in [0.4, 0.5) is 0 Å². The highest BCUT2D eigenvalue weighted by molar-refractivity contribution is 5.80. The minimum atomic E-state index is 0.465. The second-order valence-corrected chi connectivity index (χ2v) is 4.98. The van der Waals surface area contributed by atoms with Crippen molar-refractivity contribution in [2.45, 2.75) is 12.3 Å². The Balaban J connectivity index is 1.98. The van der Waals surface area contributed by atoms with Crippen LogP contribution in [0, 0.1) is 0 Å². The van der Waals surface area contributed by atoms with Gasteiger partial charge in [-0.2, -0.15) is 0 Å². The normalized spacial score (nSPS) is 16.6. The maximum Gasteiger partial charge on any atom is 0.0317 e. The van der Waals surface area contributed by atoms with E-state index in [1.807, 2.05) is 0 Å². The maximum absolute atomic E-state index is 2.28. The van der Waals surface area contributed by atoms with Crippen LogP contribution in [0.15, 0.2) is 72.3 Å². The minimum Gasteiger partial charge on any atom is -0.0804 e. The summed E-state index contributed by atoms with van der Waals surface area (Å²) in [6, 6.07) is 17.6. The molecule has 0 fully saturated rings. The van der Waals surface area contributed by atoms with Crippen LogP contribution in [-0.2, 0) is 0 Å². The van der Waals surface area contributed by atoms with Crippen LogP contribution < -0.4 is 0 Å². The molecule has 0 radical (unpaired) electrons. The molecule has 0 unspecified atom stereocenters. The molecule has 2 aliphatic carbocycles. The molecule has 0 bridgehead atoms. The highest BCUT2D eigenvalue weighted by atomic mass is 14.3. The van der Waals surface area contributed by atoms with Crippen molar-refractivity contribution >= 4 is 0 Å². The van der Waals surface area contributed by atoms with Crippen LogP contribution in [0.5, 0.6) is 0 Å². The van der Waals surface area contributed by atoms with Crippen LogP contribution in [-0.4, -0.2) is 0 Å². The number of fused-ring (bicyclic) bond motifs is 3. The van der Waals surface area contributed by atoms with Crippen LogP contribution in [0.2, 0.25) is 0 Å². The molecule has 0 atom stereocenters. The molecule has 0 nitrogen and oxygen atoms in total. The molecule has 0 aliphatic heterocycles. The van der Waals surface area contributed by atoms with E-state index in [0.29, 0.717) is 5.92 Å². The zero-order valence-electron chi connectivity index (χ0n) is 10.1. The van der Waals surface area contributed by atoms with E-state index in [9.17, 15) is 0 Å². The van der Waals surface area contributed by atoms with Gasteiger partial charge in [0.15, 0.2) is 0 Å². The van der Waals surface area contributed by atoms with E-state index < -0.39 is 0 Å². The lowest BCUT2D eigenvalue weighted by atomic mass is 9.88. The summed E-state index contributed by atoms with van der Waals surface area (Å²) in [6.45, 7) is 0. The molecule has 0 heterocycles. The topological polar surface area (TPSA) is 0 Å². The van der Waals surface area contributed by atoms with E-state index in [1.165, 1.54) is 27.8 Å². The number of allylic oxidation sites excluding steroid dienone is 4. The summed E-state index contributed by atoms with van der Waals surface area (Å²) < 4.78 is 0. The predicted molar refractivity (Wildman–Crippen MR) is 75.6 cm³/mol. The molecule has 0 heteroatoms. The highest BCUT2D eigenvalue weighted by Gasteiger charge is 2.30. The first-order chi connectivity index (χ1) is 8.95. The predicted octanol–water partition coefficient (Wildman–Crippen LogP) is 4.69. The quantitative estimate of drug-likeness (QED) is 0.667. The molecule has 2 aromatic rings. The standard InChI is InChI=1S/C18H14/c1-2-8-13(7-1)18-16-11-5-3-9-14(16)15-10-4-6-12-17(15)18/h1-7,9-12,18H,8H2. The van der Waals surface area contributed by atoms with Crippen molar-refractivity contribution in [3.8, 4) is 11.1 Å². The van der Waals surface area contributed by atoms with Crippen molar-refractivity contribution in [2.24, 2.45) is 0 Å². The zero-order valence-corrected chi connectivity index (χ0v) is 10.1. The summed E-state index contributed by atoms with van der Waals surface area (Å²) >= 11 is 0. The summed E-state index contributed by atoms with van der Waals surface area (Å²) in [5, 5.41) is 0. The van der Waals surface area contributed by atoms with Crippen LogP contribution >= 0.6 is 0 Å². The van der Waals surface area contributed by atoms with Gasteiger partial charge < -0.3 is 0 Å². The number of benzene rings is 2. The van der Waals surface area contributed by atoms with E-state index >= 15 is 0 Å². The first kappa shape index (κ1) is 9.90. The van der Waals surface area contributed by atoms with Gasteiger partial charge in [-0.05, 0) is 28.7 Å². The summed E-state index contributed by atoms with van der Waals surface area (Å²) in [6.07, 6.45) is 7.80. The highest BCUT2D eigenvalue weighted by Crippen LogP contribution is 2.49. The third-order valence-corrected chi connectivity index (χ3v) is 4.00. The number of hydrogen-bond donors (Lipinski definition) is 0. The van der Waals surface area contributed by atoms with Gasteiger partial charge in [0.25, 0.3) is 0 Å². The molecule has 4 rings (SSSR count). The molecule has 0 N–H and O–H groups in total. The van der Waals surface area contributed by atoms with Crippen LogP contribution in [0.25, 0.3) is 11.1 Å². The van der Waals surface area contributed by atoms with Crippen molar-refractivity contribution < 1.29 is 0 Å². The van der Waals surface area contributed by atoms with Gasteiger partial charge in [0.1, 0.15) is 0 Å². The van der Waals surface area contributed by atoms with Crippen molar-refractivity contribution in [1.82, 2.24) is 0 Å². The third-order valence-electron chi connectivity index (χ3n) is 4.00. The van der Waals surface area contributed by atoms with Crippen LogP contribution in [0.1, 0.15) is 23.5 Å². The Bertz CT molecular complexity index is 628. The van der Waals surface area contributed by atoms with Gasteiger partial charge >= 0.3 is 0 Å². The second-order valence-electron chi connectivity index (χ2n) is 4.98. The van der Waals surface area contributed by atoms with E-state index in [2.05, 4.69) is 66.8 Å². The summed E-state index contributed by atoms with van der Waals surface area (Å²) in [5.41, 5.74) is 7.27. The Morgan fingerprint density at radius 3 is 1.94 bits per heavy atom. The van der Waals surface area contributed by atoms with E-state index in [1.54, 1.807) is 0 Å². The van der Waals surface area contributed by atoms with Gasteiger partial charge in [-0.25, -0.2) is 0 Å². The Morgan fingerprint density at radius 2 is 1.39 bits per heavy atom. The van der Waals surface area contributed by atoms with E-state index in [-0.39, 0.29) is 0 Å². The minimum absolute atomic E-state index is 0.465. The molecule has 86 valence electrons. The monoisotopic (exact) mass is 230 g/mol. The largest absolute Gasteiger partial charge is 0.0804 e. The molecule has 0 saturated heterocycles. The lowest BCUT2D eigenvalue weighted by Crippen LogP contribution is -1.99. The van der Waals surface area contributed by atoms with Crippen LogP contribution in [0.3, 0.4) is 0 Å². The summed E-state index contributed by atoms with van der Waals surface area (Å²) in [4.78, 5) is 0. The molecular weight excluding hydrogens is 216 g/mol. The molecule has 0 saturated carbocycles. The fourth-order valence-corrected chi connectivity index (χ4v) is 3.23. The van der Waals surface area contributed by atoms with Crippen molar-refractivity contribution in [1.29, 1.82) is 0 Å². The Kier molecular flexibility index (Phi) is 2.04. The van der Waals surface area contributed by atoms with Gasteiger partial charge in [-0.3, -0.25) is 0 Å². The smallest absolute Gasteiger partial charge is 0.0317 e. The van der Waals surface area contributed by atoms with Crippen molar-refractivity contribution in [3.63, 3.8) is 0 Å². The van der Waals surface area contributed by atoms with E-state index in [0.717, 1.165) is 6.42 Å². The lowest BCUT2D eigenvalue weighted by Gasteiger charge is -2.15. The third kappa shape index (κ3) is 1.26. The molecule has 0 amide bonds. The second kappa shape index (κ2) is 3.71. The lowest BCUT2D eigenvalue weighted by molar-refractivity contribution is 0.948.